The van der Waals surface area contributed by atoms with Gasteiger partial charge in [0, 0.05) is 34.8 Å². The zero-order valence-electron chi connectivity index (χ0n) is 17.4. The SMILES string of the molecule is CCN(C(=O)COC(=O)c1cccc2c1C(=O)c1ccccc1C2=O)[C@@H]1CCS(=O)(=O)C1. The molecule has 1 fully saturated rings. The fourth-order valence-corrected chi connectivity index (χ4v) is 5.99. The minimum absolute atomic E-state index is 0.0228. The van der Waals surface area contributed by atoms with Gasteiger partial charge in [0.05, 0.1) is 17.1 Å². The highest BCUT2D eigenvalue weighted by molar-refractivity contribution is 7.91. The van der Waals surface area contributed by atoms with E-state index in [1.807, 2.05) is 0 Å². The third-order valence-corrected chi connectivity index (χ3v) is 7.56. The number of ether oxygens (including phenoxy) is 1. The molecule has 0 radical (unpaired) electrons. The van der Waals surface area contributed by atoms with Crippen molar-refractivity contribution < 1.29 is 32.3 Å². The summed E-state index contributed by atoms with van der Waals surface area (Å²) in [5, 5.41) is 0. The summed E-state index contributed by atoms with van der Waals surface area (Å²) in [6, 6.07) is 10.3. The summed E-state index contributed by atoms with van der Waals surface area (Å²) < 4.78 is 28.6. The standard InChI is InChI=1S/C23H21NO7S/c1-2-24(14-10-11-32(29,30)13-14)19(25)12-31-23(28)18-9-5-8-17-20(18)22(27)16-7-4-3-6-15(16)21(17)26/h3-9,14H,2,10-13H2,1H3/t14-/m1/s1. The van der Waals surface area contributed by atoms with Crippen molar-refractivity contribution in [3.63, 3.8) is 0 Å². The maximum atomic E-state index is 13.0. The number of amides is 1. The van der Waals surface area contributed by atoms with E-state index >= 15 is 0 Å². The molecule has 0 spiro atoms. The van der Waals surface area contributed by atoms with Crippen molar-refractivity contribution in [1.82, 2.24) is 4.90 Å². The Morgan fingerprint density at radius 1 is 1.00 bits per heavy atom. The number of likely N-dealkylation sites (N-methyl/N-ethyl adjacent to an activating group) is 1. The van der Waals surface area contributed by atoms with Crippen LogP contribution in [0.5, 0.6) is 0 Å². The zero-order chi connectivity index (χ0) is 23.0. The van der Waals surface area contributed by atoms with Gasteiger partial charge in [0.2, 0.25) is 0 Å². The van der Waals surface area contributed by atoms with Crippen LogP contribution >= 0.6 is 0 Å². The van der Waals surface area contributed by atoms with E-state index in [0.29, 0.717) is 6.42 Å². The quantitative estimate of drug-likeness (QED) is 0.537. The molecule has 0 aromatic heterocycles. The average Bonchev–Trinajstić information content (AvgIpc) is 3.15. The Balaban J connectivity index is 1.53. The number of carbonyl (C=O) groups is 4. The third-order valence-electron chi connectivity index (χ3n) is 5.81. The topological polar surface area (TPSA) is 115 Å². The fraction of sp³-hybridized carbons (Fsp3) is 0.304. The normalized spacial score (nSPS) is 18.6. The summed E-state index contributed by atoms with van der Waals surface area (Å²) in [5.41, 5.74) is 0.468. The van der Waals surface area contributed by atoms with Crippen LogP contribution in [0.15, 0.2) is 42.5 Å². The van der Waals surface area contributed by atoms with Gasteiger partial charge in [-0.3, -0.25) is 14.4 Å². The smallest absolute Gasteiger partial charge is 0.339 e. The fourth-order valence-electron chi connectivity index (χ4n) is 4.26. The molecule has 166 valence electrons. The molecule has 2 aromatic carbocycles. The third kappa shape index (κ3) is 3.84. The molecule has 1 saturated heterocycles. The van der Waals surface area contributed by atoms with Crippen molar-refractivity contribution in [2.24, 2.45) is 0 Å². The first-order valence-electron chi connectivity index (χ1n) is 10.2. The molecule has 9 heteroatoms. The second-order valence-electron chi connectivity index (χ2n) is 7.74. The molecule has 0 saturated carbocycles. The van der Waals surface area contributed by atoms with Gasteiger partial charge in [-0.15, -0.1) is 0 Å². The number of hydrogen-bond acceptors (Lipinski definition) is 7. The van der Waals surface area contributed by atoms with Crippen LogP contribution in [0.3, 0.4) is 0 Å². The van der Waals surface area contributed by atoms with Gasteiger partial charge in [-0.2, -0.15) is 0 Å². The molecule has 1 aliphatic carbocycles. The molecule has 0 bridgehead atoms. The molecular weight excluding hydrogens is 434 g/mol. The van der Waals surface area contributed by atoms with Gasteiger partial charge in [0.15, 0.2) is 28.0 Å². The predicted molar refractivity (Wildman–Crippen MR) is 114 cm³/mol. The lowest BCUT2D eigenvalue weighted by atomic mass is 9.82. The minimum Gasteiger partial charge on any atom is -0.452 e. The number of rotatable bonds is 5. The van der Waals surface area contributed by atoms with Gasteiger partial charge in [-0.05, 0) is 19.4 Å². The lowest BCUT2D eigenvalue weighted by molar-refractivity contribution is -0.136. The van der Waals surface area contributed by atoms with E-state index in [9.17, 15) is 27.6 Å². The summed E-state index contributed by atoms with van der Waals surface area (Å²) in [4.78, 5) is 52.6. The zero-order valence-corrected chi connectivity index (χ0v) is 18.2. The average molecular weight is 455 g/mol. The molecule has 2 aliphatic rings. The van der Waals surface area contributed by atoms with Crippen LogP contribution in [-0.4, -0.2) is 67.5 Å². The monoisotopic (exact) mass is 455 g/mol. The number of hydrogen-bond donors (Lipinski definition) is 0. The molecule has 1 aliphatic heterocycles. The highest BCUT2D eigenvalue weighted by atomic mass is 32.2. The van der Waals surface area contributed by atoms with Crippen LogP contribution in [0.2, 0.25) is 0 Å². The molecule has 4 rings (SSSR count). The molecule has 32 heavy (non-hydrogen) atoms. The Morgan fingerprint density at radius 2 is 1.66 bits per heavy atom. The van der Waals surface area contributed by atoms with E-state index in [1.165, 1.54) is 29.2 Å². The highest BCUT2D eigenvalue weighted by Crippen LogP contribution is 2.30. The summed E-state index contributed by atoms with van der Waals surface area (Å²) >= 11 is 0. The van der Waals surface area contributed by atoms with E-state index in [0.717, 1.165) is 0 Å². The highest BCUT2D eigenvalue weighted by Gasteiger charge is 2.35. The minimum atomic E-state index is -3.18. The number of esters is 1. The van der Waals surface area contributed by atoms with Crippen molar-refractivity contribution in [3.05, 3.63) is 70.3 Å². The molecule has 1 amide bonds. The van der Waals surface area contributed by atoms with Crippen LogP contribution in [-0.2, 0) is 19.4 Å². The van der Waals surface area contributed by atoms with Gasteiger partial charge < -0.3 is 9.64 Å². The summed E-state index contributed by atoms with van der Waals surface area (Å²) in [6.07, 6.45) is 0.345. The van der Waals surface area contributed by atoms with E-state index in [-0.39, 0.29) is 51.7 Å². The molecule has 8 nitrogen and oxygen atoms in total. The first kappa shape index (κ1) is 21.9. The Bertz CT molecular complexity index is 1250. The molecule has 0 unspecified atom stereocenters. The Hall–Kier alpha value is -3.33. The number of sulfone groups is 1. The van der Waals surface area contributed by atoms with Gasteiger partial charge >= 0.3 is 5.97 Å². The van der Waals surface area contributed by atoms with E-state index in [2.05, 4.69) is 0 Å². The van der Waals surface area contributed by atoms with Crippen LogP contribution in [0, 0.1) is 0 Å². The largest absolute Gasteiger partial charge is 0.452 e. The second-order valence-corrected chi connectivity index (χ2v) is 9.97. The maximum Gasteiger partial charge on any atom is 0.339 e. The first-order chi connectivity index (χ1) is 15.2. The van der Waals surface area contributed by atoms with Crippen LogP contribution in [0.4, 0.5) is 0 Å². The molecule has 2 aromatic rings. The number of ketones is 2. The van der Waals surface area contributed by atoms with Crippen molar-refractivity contribution >= 4 is 33.3 Å². The molecule has 1 atom stereocenters. The summed E-state index contributed by atoms with van der Waals surface area (Å²) in [6.45, 7) is 1.41. The van der Waals surface area contributed by atoms with E-state index in [4.69, 9.17) is 4.74 Å². The van der Waals surface area contributed by atoms with Crippen LogP contribution in [0.1, 0.15) is 55.5 Å². The van der Waals surface area contributed by atoms with E-state index in [1.54, 1.807) is 25.1 Å². The van der Waals surface area contributed by atoms with Gasteiger partial charge in [-0.25, -0.2) is 13.2 Å². The molecule has 1 heterocycles. The molecular formula is C23H21NO7S. The van der Waals surface area contributed by atoms with Gasteiger partial charge in [0.25, 0.3) is 5.91 Å². The number of nitrogens with zero attached hydrogens (tertiary/aromatic N) is 1. The predicted octanol–water partition coefficient (Wildman–Crippen LogP) is 1.65. The lowest BCUT2D eigenvalue weighted by Crippen LogP contribution is -2.43. The molecule has 0 N–H and O–H groups in total. The summed E-state index contributed by atoms with van der Waals surface area (Å²) in [5.74, 6) is -2.31. The maximum absolute atomic E-state index is 13.0. The van der Waals surface area contributed by atoms with Gasteiger partial charge in [0.1, 0.15) is 0 Å². The lowest BCUT2D eigenvalue weighted by Gasteiger charge is -2.26. The second kappa shape index (κ2) is 8.31. The van der Waals surface area contributed by atoms with Crippen molar-refractivity contribution in [2.45, 2.75) is 19.4 Å². The Kier molecular flexibility index (Phi) is 5.68. The number of benzene rings is 2. The Labute approximate surface area is 185 Å². The van der Waals surface area contributed by atoms with Crippen LogP contribution < -0.4 is 0 Å². The number of fused-ring (bicyclic) bond motifs is 2. The Morgan fingerprint density at radius 3 is 2.28 bits per heavy atom. The van der Waals surface area contributed by atoms with Crippen molar-refractivity contribution in [2.75, 3.05) is 24.7 Å². The van der Waals surface area contributed by atoms with Gasteiger partial charge in [-0.1, -0.05) is 36.4 Å². The van der Waals surface area contributed by atoms with E-state index < -0.39 is 40.1 Å². The van der Waals surface area contributed by atoms with Crippen LogP contribution in [0.25, 0.3) is 0 Å². The van der Waals surface area contributed by atoms with Crippen molar-refractivity contribution in [3.8, 4) is 0 Å². The first-order valence-corrected chi connectivity index (χ1v) is 12.0. The number of carbonyl (C=O) groups excluding carboxylic acids is 4. The summed E-state index contributed by atoms with van der Waals surface area (Å²) in [7, 11) is -3.18. The van der Waals surface area contributed by atoms with Crippen molar-refractivity contribution in [1.29, 1.82) is 0 Å².